The third-order valence-corrected chi connectivity index (χ3v) is 2.97. The molecule has 0 spiro atoms. The first-order valence-electron chi connectivity index (χ1n) is 5.63. The van der Waals surface area contributed by atoms with Crippen LogP contribution < -0.4 is 5.32 Å². The molecule has 1 amide bonds. The van der Waals surface area contributed by atoms with Crippen molar-refractivity contribution in [1.82, 2.24) is 10.2 Å². The Labute approximate surface area is 96.1 Å². The van der Waals surface area contributed by atoms with Gasteiger partial charge in [0.2, 0.25) is 5.91 Å². The van der Waals surface area contributed by atoms with Crippen molar-refractivity contribution in [3.05, 3.63) is 0 Å². The molecule has 5 nitrogen and oxygen atoms in total. The average Bonchev–Trinajstić information content (AvgIpc) is 2.61. The van der Waals surface area contributed by atoms with E-state index >= 15 is 0 Å². The van der Waals surface area contributed by atoms with Gasteiger partial charge in [0.1, 0.15) is 6.04 Å². The summed E-state index contributed by atoms with van der Waals surface area (Å²) < 4.78 is 4.68. The van der Waals surface area contributed by atoms with Crippen molar-refractivity contribution in [1.29, 1.82) is 0 Å². The molecule has 0 aromatic heterocycles. The van der Waals surface area contributed by atoms with Gasteiger partial charge in [-0.2, -0.15) is 0 Å². The fraction of sp³-hybridized carbons (Fsp3) is 0.818. The van der Waals surface area contributed by atoms with Crippen molar-refractivity contribution in [2.24, 2.45) is 0 Å². The Hall–Kier alpha value is -1.10. The van der Waals surface area contributed by atoms with E-state index in [0.717, 1.165) is 19.4 Å². The third-order valence-electron chi connectivity index (χ3n) is 2.97. The number of carbonyl (C=O) groups is 2. The summed E-state index contributed by atoms with van der Waals surface area (Å²) in [6.07, 6.45) is 2.29. The van der Waals surface area contributed by atoms with Crippen LogP contribution in [0.4, 0.5) is 0 Å². The van der Waals surface area contributed by atoms with Crippen molar-refractivity contribution in [2.75, 3.05) is 20.2 Å². The summed E-state index contributed by atoms with van der Waals surface area (Å²) in [5, 5.41) is 2.62. The van der Waals surface area contributed by atoms with Crippen molar-refractivity contribution in [3.8, 4) is 0 Å². The van der Waals surface area contributed by atoms with E-state index in [0.29, 0.717) is 12.6 Å². The minimum absolute atomic E-state index is 0.206. The molecule has 1 fully saturated rings. The van der Waals surface area contributed by atoms with E-state index in [1.165, 1.54) is 14.0 Å². The predicted molar refractivity (Wildman–Crippen MR) is 59.9 cm³/mol. The molecular weight excluding hydrogens is 208 g/mol. The summed E-state index contributed by atoms with van der Waals surface area (Å²) in [5.74, 6) is -0.587. The van der Waals surface area contributed by atoms with Crippen LogP contribution in [0.25, 0.3) is 0 Å². The van der Waals surface area contributed by atoms with E-state index in [2.05, 4.69) is 21.9 Å². The quantitative estimate of drug-likeness (QED) is 0.696. The first-order valence-corrected chi connectivity index (χ1v) is 5.63. The molecule has 0 aromatic carbocycles. The Morgan fingerprint density at radius 2 is 2.25 bits per heavy atom. The number of nitrogens with one attached hydrogen (secondary N) is 1. The number of likely N-dealkylation sites (tertiary alicyclic amines) is 1. The number of hydrogen-bond acceptors (Lipinski definition) is 4. The second kappa shape index (κ2) is 5.84. The predicted octanol–water partition coefficient (Wildman–Crippen LogP) is 0.148. The molecule has 1 heterocycles. The topological polar surface area (TPSA) is 58.6 Å². The molecule has 0 radical (unpaired) electrons. The molecule has 92 valence electrons. The van der Waals surface area contributed by atoms with Gasteiger partial charge in [0.05, 0.1) is 7.11 Å². The van der Waals surface area contributed by atoms with E-state index < -0.39 is 6.04 Å². The van der Waals surface area contributed by atoms with Crippen LogP contribution in [0.3, 0.4) is 0 Å². The standard InChI is InChI=1S/C11H20N2O3/c1-8-5-4-6-13(8)7-10(11(15)16-3)12-9(2)14/h8,10H,4-7H2,1-3H3,(H,12,14). The van der Waals surface area contributed by atoms with E-state index in [4.69, 9.17) is 0 Å². The highest BCUT2D eigenvalue weighted by molar-refractivity contribution is 5.83. The zero-order valence-corrected chi connectivity index (χ0v) is 10.2. The number of ether oxygens (including phenoxy) is 1. The molecule has 16 heavy (non-hydrogen) atoms. The van der Waals surface area contributed by atoms with E-state index in [1.807, 2.05) is 0 Å². The maximum atomic E-state index is 11.5. The maximum absolute atomic E-state index is 11.5. The van der Waals surface area contributed by atoms with Crippen molar-refractivity contribution >= 4 is 11.9 Å². The Bertz CT molecular complexity index is 268. The van der Waals surface area contributed by atoms with Crippen LogP contribution in [0.5, 0.6) is 0 Å². The van der Waals surface area contributed by atoms with Gasteiger partial charge >= 0.3 is 5.97 Å². The zero-order chi connectivity index (χ0) is 12.1. The van der Waals surface area contributed by atoms with Gasteiger partial charge in [-0.25, -0.2) is 4.79 Å². The molecule has 2 unspecified atom stereocenters. The van der Waals surface area contributed by atoms with Crippen molar-refractivity contribution in [2.45, 2.75) is 38.8 Å². The fourth-order valence-electron chi connectivity index (χ4n) is 2.07. The van der Waals surface area contributed by atoms with Crippen LogP contribution in [-0.2, 0) is 14.3 Å². The normalized spacial score (nSPS) is 22.8. The summed E-state index contributed by atoms with van der Waals surface area (Å²) in [5.41, 5.74) is 0. The average molecular weight is 228 g/mol. The van der Waals surface area contributed by atoms with Gasteiger partial charge in [-0.1, -0.05) is 0 Å². The largest absolute Gasteiger partial charge is 0.467 e. The second-order valence-corrected chi connectivity index (χ2v) is 4.26. The lowest BCUT2D eigenvalue weighted by Crippen LogP contribution is -2.49. The Kier molecular flexibility index (Phi) is 4.73. The van der Waals surface area contributed by atoms with Crippen LogP contribution in [0, 0.1) is 0 Å². The molecule has 1 aliphatic rings. The molecule has 2 atom stereocenters. The molecule has 0 saturated carbocycles. The van der Waals surface area contributed by atoms with Crippen LogP contribution in [0.2, 0.25) is 0 Å². The van der Waals surface area contributed by atoms with Gasteiger partial charge < -0.3 is 10.1 Å². The van der Waals surface area contributed by atoms with Gasteiger partial charge in [0, 0.05) is 19.5 Å². The number of hydrogen-bond donors (Lipinski definition) is 1. The Morgan fingerprint density at radius 3 is 2.69 bits per heavy atom. The molecule has 1 N–H and O–H groups in total. The molecule has 5 heteroatoms. The first kappa shape index (κ1) is 13.0. The molecule has 1 rings (SSSR count). The number of rotatable bonds is 4. The second-order valence-electron chi connectivity index (χ2n) is 4.26. The van der Waals surface area contributed by atoms with Crippen LogP contribution in [0.1, 0.15) is 26.7 Å². The zero-order valence-electron chi connectivity index (χ0n) is 10.2. The van der Waals surface area contributed by atoms with Crippen LogP contribution >= 0.6 is 0 Å². The third kappa shape index (κ3) is 3.48. The molecule has 0 aromatic rings. The van der Waals surface area contributed by atoms with Gasteiger partial charge in [0.25, 0.3) is 0 Å². The minimum Gasteiger partial charge on any atom is -0.467 e. The summed E-state index contributed by atoms with van der Waals surface area (Å²) in [6.45, 7) is 5.06. The van der Waals surface area contributed by atoms with Gasteiger partial charge in [-0.3, -0.25) is 9.69 Å². The summed E-state index contributed by atoms with van der Waals surface area (Å²) in [4.78, 5) is 24.7. The van der Waals surface area contributed by atoms with E-state index in [-0.39, 0.29) is 11.9 Å². The molecular formula is C11H20N2O3. The van der Waals surface area contributed by atoms with Gasteiger partial charge in [0.15, 0.2) is 0 Å². The summed E-state index contributed by atoms with van der Waals surface area (Å²) in [6, 6.07) is -0.0797. The summed E-state index contributed by atoms with van der Waals surface area (Å²) >= 11 is 0. The number of methoxy groups -OCH3 is 1. The number of nitrogens with zero attached hydrogens (tertiary/aromatic N) is 1. The Balaban J connectivity index is 2.55. The number of esters is 1. The van der Waals surface area contributed by atoms with Gasteiger partial charge in [-0.15, -0.1) is 0 Å². The highest BCUT2D eigenvalue weighted by Crippen LogP contribution is 2.16. The van der Waals surface area contributed by atoms with Gasteiger partial charge in [-0.05, 0) is 26.3 Å². The highest BCUT2D eigenvalue weighted by atomic mass is 16.5. The Morgan fingerprint density at radius 1 is 1.56 bits per heavy atom. The maximum Gasteiger partial charge on any atom is 0.329 e. The number of carbonyl (C=O) groups excluding carboxylic acids is 2. The van der Waals surface area contributed by atoms with Crippen molar-refractivity contribution < 1.29 is 14.3 Å². The monoisotopic (exact) mass is 228 g/mol. The van der Waals surface area contributed by atoms with E-state index in [1.54, 1.807) is 0 Å². The highest BCUT2D eigenvalue weighted by Gasteiger charge is 2.28. The summed E-state index contributed by atoms with van der Waals surface area (Å²) in [7, 11) is 1.34. The van der Waals surface area contributed by atoms with Crippen LogP contribution in [0.15, 0.2) is 0 Å². The lowest BCUT2D eigenvalue weighted by molar-refractivity contribution is -0.145. The molecule has 0 bridgehead atoms. The molecule has 1 saturated heterocycles. The smallest absolute Gasteiger partial charge is 0.329 e. The lowest BCUT2D eigenvalue weighted by Gasteiger charge is -2.25. The number of amides is 1. The fourth-order valence-corrected chi connectivity index (χ4v) is 2.07. The van der Waals surface area contributed by atoms with E-state index in [9.17, 15) is 9.59 Å². The minimum atomic E-state index is -0.553. The SMILES string of the molecule is COC(=O)C(CN1CCCC1C)NC(C)=O. The molecule has 1 aliphatic heterocycles. The first-order chi connectivity index (χ1) is 7.54. The van der Waals surface area contributed by atoms with Crippen molar-refractivity contribution in [3.63, 3.8) is 0 Å². The van der Waals surface area contributed by atoms with Crippen LogP contribution in [-0.4, -0.2) is 49.1 Å². The molecule has 0 aliphatic carbocycles. The lowest BCUT2D eigenvalue weighted by atomic mass is 10.2.